The normalized spacial score (nSPS) is 11.1. The molecule has 0 amide bonds. The molecule has 0 radical (unpaired) electrons. The molecular formula is C14H17NO3. The van der Waals surface area contributed by atoms with Gasteiger partial charge in [-0.05, 0) is 38.1 Å². The Morgan fingerprint density at radius 2 is 2.11 bits per heavy atom. The van der Waals surface area contributed by atoms with Crippen LogP contribution in [0, 0.1) is 0 Å². The largest absolute Gasteiger partial charge is 0.497 e. The molecule has 2 aromatic rings. The fraction of sp³-hybridized carbons (Fsp3) is 0.357. The van der Waals surface area contributed by atoms with Gasteiger partial charge < -0.3 is 14.4 Å². The lowest BCUT2D eigenvalue weighted by molar-refractivity contribution is -0.136. The number of rotatable bonds is 4. The van der Waals surface area contributed by atoms with Crippen molar-refractivity contribution < 1.29 is 14.6 Å². The molecule has 18 heavy (non-hydrogen) atoms. The first-order chi connectivity index (χ1) is 8.52. The van der Waals surface area contributed by atoms with Gasteiger partial charge in [-0.25, -0.2) is 0 Å². The Labute approximate surface area is 106 Å². The van der Waals surface area contributed by atoms with E-state index >= 15 is 0 Å². The lowest BCUT2D eigenvalue weighted by Crippen LogP contribution is -2.09. The summed E-state index contributed by atoms with van der Waals surface area (Å²) < 4.78 is 7.25. The van der Waals surface area contributed by atoms with Gasteiger partial charge in [0.15, 0.2) is 0 Å². The molecule has 4 heteroatoms. The van der Waals surface area contributed by atoms with E-state index in [1.165, 1.54) is 0 Å². The maximum absolute atomic E-state index is 10.9. The van der Waals surface area contributed by atoms with Crippen LogP contribution in [0.25, 0.3) is 10.9 Å². The second-order valence-electron chi connectivity index (χ2n) is 4.59. The van der Waals surface area contributed by atoms with Crippen LogP contribution < -0.4 is 4.74 Å². The summed E-state index contributed by atoms with van der Waals surface area (Å²) in [5.74, 6) is -0.0306. The SMILES string of the molecule is COc1ccc2c(c1)cc(CC(=O)O)n2C(C)C. The topological polar surface area (TPSA) is 51.5 Å². The number of fused-ring (bicyclic) bond motifs is 1. The van der Waals surface area contributed by atoms with Crippen molar-refractivity contribution in [3.05, 3.63) is 30.0 Å². The van der Waals surface area contributed by atoms with Gasteiger partial charge in [-0.1, -0.05) is 0 Å². The first-order valence-corrected chi connectivity index (χ1v) is 5.92. The predicted molar refractivity (Wildman–Crippen MR) is 70.2 cm³/mol. The average Bonchev–Trinajstić information content (AvgIpc) is 2.64. The number of aromatic nitrogens is 1. The predicted octanol–water partition coefficient (Wildman–Crippen LogP) is 2.86. The number of hydrogen-bond donors (Lipinski definition) is 1. The van der Waals surface area contributed by atoms with E-state index in [1.54, 1.807) is 7.11 Å². The van der Waals surface area contributed by atoms with E-state index in [-0.39, 0.29) is 12.5 Å². The molecule has 1 N–H and O–H groups in total. The zero-order valence-electron chi connectivity index (χ0n) is 10.8. The number of benzene rings is 1. The van der Waals surface area contributed by atoms with Gasteiger partial charge in [0.2, 0.25) is 0 Å². The van der Waals surface area contributed by atoms with Crippen LogP contribution >= 0.6 is 0 Å². The summed E-state index contributed by atoms with van der Waals surface area (Å²) in [7, 11) is 1.62. The standard InChI is InChI=1S/C14H17NO3/c1-9(2)15-11(8-14(16)17)6-10-7-12(18-3)4-5-13(10)15/h4-7,9H,8H2,1-3H3,(H,16,17). The summed E-state index contributed by atoms with van der Waals surface area (Å²) in [4.78, 5) is 10.9. The maximum Gasteiger partial charge on any atom is 0.309 e. The molecule has 0 saturated carbocycles. The van der Waals surface area contributed by atoms with E-state index in [0.29, 0.717) is 0 Å². The monoisotopic (exact) mass is 247 g/mol. The zero-order chi connectivity index (χ0) is 13.3. The van der Waals surface area contributed by atoms with E-state index in [4.69, 9.17) is 9.84 Å². The van der Waals surface area contributed by atoms with Gasteiger partial charge in [0, 0.05) is 22.6 Å². The zero-order valence-corrected chi connectivity index (χ0v) is 10.8. The van der Waals surface area contributed by atoms with Crippen molar-refractivity contribution in [1.29, 1.82) is 0 Å². The number of carboxylic acid groups (broad SMARTS) is 1. The van der Waals surface area contributed by atoms with Crippen molar-refractivity contribution in [1.82, 2.24) is 4.57 Å². The first-order valence-electron chi connectivity index (χ1n) is 5.92. The fourth-order valence-corrected chi connectivity index (χ4v) is 2.30. The Balaban J connectivity index is 2.62. The van der Waals surface area contributed by atoms with Crippen molar-refractivity contribution in [2.75, 3.05) is 7.11 Å². The van der Waals surface area contributed by atoms with Crippen LogP contribution in [0.1, 0.15) is 25.6 Å². The molecule has 0 saturated heterocycles. The molecule has 96 valence electrons. The third-order valence-corrected chi connectivity index (χ3v) is 2.97. The number of methoxy groups -OCH3 is 1. The minimum absolute atomic E-state index is 0.0369. The van der Waals surface area contributed by atoms with E-state index in [0.717, 1.165) is 22.3 Å². The minimum atomic E-state index is -0.813. The van der Waals surface area contributed by atoms with Crippen LogP contribution in [-0.2, 0) is 11.2 Å². The van der Waals surface area contributed by atoms with Gasteiger partial charge in [0.1, 0.15) is 5.75 Å². The van der Waals surface area contributed by atoms with Crippen molar-refractivity contribution in [2.24, 2.45) is 0 Å². The van der Waals surface area contributed by atoms with E-state index in [2.05, 4.69) is 18.4 Å². The highest BCUT2D eigenvalue weighted by Crippen LogP contribution is 2.27. The van der Waals surface area contributed by atoms with Crippen LogP contribution in [-0.4, -0.2) is 22.8 Å². The molecule has 0 spiro atoms. The van der Waals surface area contributed by atoms with E-state index < -0.39 is 5.97 Å². The molecule has 0 aliphatic rings. The van der Waals surface area contributed by atoms with Crippen LogP contribution in [0.15, 0.2) is 24.3 Å². The van der Waals surface area contributed by atoms with Gasteiger partial charge in [0.05, 0.1) is 13.5 Å². The molecule has 1 aromatic heterocycles. The van der Waals surface area contributed by atoms with Crippen molar-refractivity contribution in [3.63, 3.8) is 0 Å². The minimum Gasteiger partial charge on any atom is -0.497 e. The highest BCUT2D eigenvalue weighted by molar-refractivity contribution is 5.84. The Bertz CT molecular complexity index is 584. The molecule has 0 fully saturated rings. The molecule has 0 atom stereocenters. The van der Waals surface area contributed by atoms with Crippen molar-refractivity contribution in [3.8, 4) is 5.75 Å². The summed E-state index contributed by atoms with van der Waals surface area (Å²) in [5.41, 5.74) is 1.86. The van der Waals surface area contributed by atoms with Crippen LogP contribution in [0.3, 0.4) is 0 Å². The third-order valence-electron chi connectivity index (χ3n) is 2.97. The first kappa shape index (κ1) is 12.5. The molecule has 1 aromatic carbocycles. The lowest BCUT2D eigenvalue weighted by atomic mass is 10.2. The number of hydrogen-bond acceptors (Lipinski definition) is 2. The lowest BCUT2D eigenvalue weighted by Gasteiger charge is -2.13. The Kier molecular flexibility index (Phi) is 3.28. The van der Waals surface area contributed by atoms with Gasteiger partial charge in [-0.3, -0.25) is 4.79 Å². The number of carbonyl (C=O) groups is 1. The van der Waals surface area contributed by atoms with E-state index in [1.807, 2.05) is 24.3 Å². The highest BCUT2D eigenvalue weighted by Gasteiger charge is 2.14. The summed E-state index contributed by atoms with van der Waals surface area (Å²) in [6.45, 7) is 4.10. The number of carboxylic acids is 1. The van der Waals surface area contributed by atoms with Gasteiger partial charge in [-0.2, -0.15) is 0 Å². The maximum atomic E-state index is 10.9. The molecule has 0 bridgehead atoms. The van der Waals surface area contributed by atoms with Crippen LogP contribution in [0.5, 0.6) is 5.75 Å². The Morgan fingerprint density at radius 3 is 2.67 bits per heavy atom. The molecule has 0 aliphatic heterocycles. The van der Waals surface area contributed by atoms with Crippen LogP contribution in [0.4, 0.5) is 0 Å². The molecule has 0 unspecified atom stereocenters. The van der Waals surface area contributed by atoms with Crippen molar-refractivity contribution in [2.45, 2.75) is 26.3 Å². The summed E-state index contributed by atoms with van der Waals surface area (Å²) in [6, 6.07) is 7.95. The van der Waals surface area contributed by atoms with Crippen LogP contribution in [0.2, 0.25) is 0 Å². The quantitative estimate of drug-likeness (QED) is 0.903. The smallest absolute Gasteiger partial charge is 0.309 e. The van der Waals surface area contributed by atoms with Gasteiger partial charge in [0.25, 0.3) is 0 Å². The number of nitrogens with zero attached hydrogens (tertiary/aromatic N) is 1. The second-order valence-corrected chi connectivity index (χ2v) is 4.59. The summed E-state index contributed by atoms with van der Waals surface area (Å²) in [5, 5.41) is 9.97. The van der Waals surface area contributed by atoms with E-state index in [9.17, 15) is 4.79 Å². The van der Waals surface area contributed by atoms with Crippen molar-refractivity contribution >= 4 is 16.9 Å². The Morgan fingerprint density at radius 1 is 1.39 bits per heavy atom. The molecule has 1 heterocycles. The Hall–Kier alpha value is -1.97. The highest BCUT2D eigenvalue weighted by atomic mass is 16.5. The second kappa shape index (κ2) is 4.72. The van der Waals surface area contributed by atoms with Gasteiger partial charge in [-0.15, -0.1) is 0 Å². The third kappa shape index (κ3) is 2.18. The molecule has 4 nitrogen and oxygen atoms in total. The summed E-state index contributed by atoms with van der Waals surface area (Å²) in [6.07, 6.45) is 0.0369. The number of ether oxygens (including phenoxy) is 1. The van der Waals surface area contributed by atoms with Gasteiger partial charge >= 0.3 is 5.97 Å². The average molecular weight is 247 g/mol. The molecular weight excluding hydrogens is 230 g/mol. The summed E-state index contributed by atoms with van der Waals surface area (Å²) >= 11 is 0. The fourth-order valence-electron chi connectivity index (χ4n) is 2.30. The molecule has 2 rings (SSSR count). The molecule has 0 aliphatic carbocycles. The number of aliphatic carboxylic acids is 1.